The zero-order valence-electron chi connectivity index (χ0n) is 6.61. The first-order valence-corrected chi connectivity index (χ1v) is 4.31. The van der Waals surface area contributed by atoms with Gasteiger partial charge >= 0.3 is 12.0 Å². The van der Waals surface area contributed by atoms with Gasteiger partial charge in [-0.2, -0.15) is 0 Å². The van der Waals surface area contributed by atoms with Gasteiger partial charge in [0.05, 0.1) is 0 Å². The largest absolute Gasteiger partial charge is 0.477 e. The molecule has 0 fully saturated rings. The van der Waals surface area contributed by atoms with Crippen LogP contribution in [-0.4, -0.2) is 17.1 Å². The number of carbonyl (C=O) groups excluding carboxylic acids is 1. The average molecular weight is 200 g/mol. The van der Waals surface area contributed by atoms with Crippen molar-refractivity contribution in [2.24, 2.45) is 5.73 Å². The van der Waals surface area contributed by atoms with Crippen LogP contribution in [0.3, 0.4) is 0 Å². The van der Waals surface area contributed by atoms with Crippen molar-refractivity contribution in [3.63, 3.8) is 0 Å². The summed E-state index contributed by atoms with van der Waals surface area (Å²) in [4.78, 5) is 21.0. The summed E-state index contributed by atoms with van der Waals surface area (Å²) >= 11 is 1.12. The van der Waals surface area contributed by atoms with Gasteiger partial charge in [0.2, 0.25) is 0 Å². The Balaban J connectivity index is 2.59. The van der Waals surface area contributed by atoms with Crippen molar-refractivity contribution in [1.82, 2.24) is 5.32 Å². The van der Waals surface area contributed by atoms with Gasteiger partial charge in [0.25, 0.3) is 0 Å². The molecule has 0 saturated carbocycles. The second-order valence-electron chi connectivity index (χ2n) is 2.34. The minimum absolute atomic E-state index is 0.251. The molecule has 0 aromatic carbocycles. The fraction of sp³-hybridized carbons (Fsp3) is 0.143. The zero-order chi connectivity index (χ0) is 9.84. The molecule has 0 saturated heterocycles. The molecule has 0 aliphatic carbocycles. The number of nitrogens with two attached hydrogens (primary N) is 1. The standard InChI is InChI=1S/C7H8N2O3S/c8-7(12)9-2-4-1-5(6(10)11)13-3-4/h1,3H,2H2,(H,10,11)(H3,8,9,12). The molecule has 1 aromatic rings. The van der Waals surface area contributed by atoms with E-state index < -0.39 is 12.0 Å². The number of thiophene rings is 1. The van der Waals surface area contributed by atoms with Crippen LogP contribution in [0.15, 0.2) is 11.4 Å². The molecule has 0 aliphatic rings. The highest BCUT2D eigenvalue weighted by Gasteiger charge is 2.06. The number of hydrogen-bond donors (Lipinski definition) is 3. The Hall–Kier alpha value is -1.56. The maximum absolute atomic E-state index is 10.5. The molecule has 13 heavy (non-hydrogen) atoms. The van der Waals surface area contributed by atoms with Gasteiger partial charge in [-0.1, -0.05) is 0 Å². The Morgan fingerprint density at radius 2 is 2.31 bits per heavy atom. The lowest BCUT2D eigenvalue weighted by Crippen LogP contribution is -2.28. The Morgan fingerprint density at radius 1 is 1.62 bits per heavy atom. The molecule has 1 rings (SSSR count). The van der Waals surface area contributed by atoms with Gasteiger partial charge in [-0.25, -0.2) is 9.59 Å². The third-order valence-corrected chi connectivity index (χ3v) is 2.30. The van der Waals surface area contributed by atoms with Crippen molar-refractivity contribution in [3.05, 3.63) is 21.9 Å². The number of amides is 2. The summed E-state index contributed by atoms with van der Waals surface area (Å²) in [6, 6.07) is 0.881. The maximum atomic E-state index is 10.5. The second-order valence-corrected chi connectivity index (χ2v) is 3.25. The summed E-state index contributed by atoms with van der Waals surface area (Å²) in [5.74, 6) is -0.963. The molecular weight excluding hydrogens is 192 g/mol. The molecular formula is C7H8N2O3S. The fourth-order valence-corrected chi connectivity index (χ4v) is 1.52. The molecule has 0 atom stereocenters. The summed E-state index contributed by atoms with van der Waals surface area (Å²) in [5, 5.41) is 12.6. The summed E-state index contributed by atoms with van der Waals surface area (Å²) in [6.07, 6.45) is 0. The number of carboxylic acid groups (broad SMARTS) is 1. The van der Waals surface area contributed by atoms with Gasteiger partial charge in [0.1, 0.15) is 4.88 Å². The van der Waals surface area contributed by atoms with Crippen LogP contribution in [0.25, 0.3) is 0 Å². The molecule has 0 spiro atoms. The van der Waals surface area contributed by atoms with E-state index in [4.69, 9.17) is 10.8 Å². The number of hydrogen-bond acceptors (Lipinski definition) is 3. The number of carbonyl (C=O) groups is 2. The molecule has 0 aliphatic heterocycles. The van der Waals surface area contributed by atoms with E-state index in [1.165, 1.54) is 6.07 Å². The SMILES string of the molecule is NC(=O)NCc1csc(C(=O)O)c1. The maximum Gasteiger partial charge on any atom is 0.345 e. The summed E-state index contributed by atoms with van der Waals surface area (Å²) in [7, 11) is 0. The first-order chi connectivity index (χ1) is 6.09. The van der Waals surface area contributed by atoms with Crippen molar-refractivity contribution in [1.29, 1.82) is 0 Å². The molecule has 5 nitrogen and oxygen atoms in total. The topological polar surface area (TPSA) is 92.4 Å². The van der Waals surface area contributed by atoms with Crippen molar-refractivity contribution in [2.45, 2.75) is 6.54 Å². The highest BCUT2D eigenvalue weighted by molar-refractivity contribution is 7.12. The summed E-state index contributed by atoms with van der Waals surface area (Å²) in [5.41, 5.74) is 5.58. The van der Waals surface area contributed by atoms with Crippen LogP contribution in [-0.2, 0) is 6.54 Å². The van der Waals surface area contributed by atoms with Crippen LogP contribution in [0.4, 0.5) is 4.79 Å². The van der Waals surface area contributed by atoms with Crippen LogP contribution < -0.4 is 11.1 Å². The van der Waals surface area contributed by atoms with Crippen LogP contribution in [0, 0.1) is 0 Å². The quantitative estimate of drug-likeness (QED) is 0.667. The Bertz CT molecular complexity index is 334. The van der Waals surface area contributed by atoms with E-state index in [1.54, 1.807) is 5.38 Å². The lowest BCUT2D eigenvalue weighted by Gasteiger charge is -1.96. The van der Waals surface area contributed by atoms with E-state index in [2.05, 4.69) is 5.32 Å². The molecule has 0 unspecified atom stereocenters. The fourth-order valence-electron chi connectivity index (χ4n) is 0.770. The summed E-state index contributed by atoms with van der Waals surface area (Å²) < 4.78 is 0. The van der Waals surface area contributed by atoms with E-state index in [9.17, 15) is 9.59 Å². The minimum atomic E-state index is -0.963. The molecule has 6 heteroatoms. The lowest BCUT2D eigenvalue weighted by atomic mass is 10.3. The Morgan fingerprint density at radius 3 is 2.77 bits per heavy atom. The molecule has 0 bridgehead atoms. The normalized spacial score (nSPS) is 9.54. The van der Waals surface area contributed by atoms with E-state index in [-0.39, 0.29) is 11.4 Å². The van der Waals surface area contributed by atoms with Crippen LogP contribution in [0.5, 0.6) is 0 Å². The molecule has 4 N–H and O–H groups in total. The third kappa shape index (κ3) is 2.75. The van der Waals surface area contributed by atoms with Crippen LogP contribution in [0.1, 0.15) is 15.2 Å². The third-order valence-electron chi connectivity index (χ3n) is 1.33. The van der Waals surface area contributed by atoms with Gasteiger partial charge in [0, 0.05) is 6.54 Å². The van der Waals surface area contributed by atoms with E-state index in [0.717, 1.165) is 16.9 Å². The van der Waals surface area contributed by atoms with Crippen LogP contribution >= 0.6 is 11.3 Å². The predicted molar refractivity (Wildman–Crippen MR) is 47.7 cm³/mol. The summed E-state index contributed by atoms with van der Waals surface area (Å²) in [6.45, 7) is 0.263. The number of carboxylic acids is 1. The molecule has 0 radical (unpaired) electrons. The monoisotopic (exact) mass is 200 g/mol. The zero-order valence-corrected chi connectivity index (χ0v) is 7.43. The smallest absolute Gasteiger partial charge is 0.345 e. The van der Waals surface area contributed by atoms with E-state index >= 15 is 0 Å². The van der Waals surface area contributed by atoms with E-state index in [1.807, 2.05) is 0 Å². The molecule has 70 valence electrons. The first kappa shape index (κ1) is 9.53. The molecule has 2 amide bonds. The van der Waals surface area contributed by atoms with E-state index in [0.29, 0.717) is 0 Å². The Kier molecular flexibility index (Phi) is 2.86. The van der Waals surface area contributed by atoms with Crippen molar-refractivity contribution in [2.75, 3.05) is 0 Å². The van der Waals surface area contributed by atoms with Crippen molar-refractivity contribution >= 4 is 23.3 Å². The first-order valence-electron chi connectivity index (χ1n) is 3.43. The van der Waals surface area contributed by atoms with Crippen molar-refractivity contribution < 1.29 is 14.7 Å². The molecule has 1 heterocycles. The number of nitrogens with one attached hydrogen (secondary N) is 1. The highest BCUT2D eigenvalue weighted by atomic mass is 32.1. The highest BCUT2D eigenvalue weighted by Crippen LogP contribution is 2.13. The lowest BCUT2D eigenvalue weighted by molar-refractivity contribution is 0.0702. The number of urea groups is 1. The second kappa shape index (κ2) is 3.90. The van der Waals surface area contributed by atoms with Crippen LogP contribution in [0.2, 0.25) is 0 Å². The predicted octanol–water partition coefficient (Wildman–Crippen LogP) is 0.615. The molecule has 1 aromatic heterocycles. The van der Waals surface area contributed by atoms with Gasteiger partial charge in [-0.05, 0) is 17.0 Å². The average Bonchev–Trinajstić information content (AvgIpc) is 2.48. The number of aromatic carboxylic acids is 1. The minimum Gasteiger partial charge on any atom is -0.477 e. The number of rotatable bonds is 3. The number of primary amides is 1. The van der Waals surface area contributed by atoms with Gasteiger partial charge in [-0.3, -0.25) is 0 Å². The van der Waals surface area contributed by atoms with Crippen molar-refractivity contribution in [3.8, 4) is 0 Å². The van der Waals surface area contributed by atoms with Gasteiger partial charge in [0.15, 0.2) is 0 Å². The Labute approximate surface area is 78.2 Å². The van der Waals surface area contributed by atoms with Gasteiger partial charge < -0.3 is 16.2 Å². The van der Waals surface area contributed by atoms with Gasteiger partial charge in [-0.15, -0.1) is 11.3 Å².